The van der Waals surface area contributed by atoms with Crippen molar-refractivity contribution < 1.29 is 19.1 Å². The van der Waals surface area contributed by atoms with Gasteiger partial charge in [-0.25, -0.2) is 0 Å². The molecule has 8 heteroatoms. The fraction of sp³-hybridized carbons (Fsp3) is 0.429. The summed E-state index contributed by atoms with van der Waals surface area (Å²) in [4.78, 5) is 31.1. The highest BCUT2D eigenvalue weighted by atomic mass is 16.5. The molecule has 0 aliphatic carbocycles. The van der Waals surface area contributed by atoms with E-state index in [0.29, 0.717) is 30.1 Å². The van der Waals surface area contributed by atoms with Crippen molar-refractivity contribution in [2.75, 3.05) is 38.5 Å². The van der Waals surface area contributed by atoms with Gasteiger partial charge in [0, 0.05) is 37.5 Å². The fourth-order valence-corrected chi connectivity index (χ4v) is 5.82. The zero-order valence-electron chi connectivity index (χ0n) is 25.7. The third-order valence-corrected chi connectivity index (χ3v) is 8.33. The van der Waals surface area contributed by atoms with Crippen LogP contribution in [0.15, 0.2) is 72.8 Å². The van der Waals surface area contributed by atoms with Gasteiger partial charge in [-0.3, -0.25) is 14.5 Å². The zero-order valence-corrected chi connectivity index (χ0v) is 25.7. The second-order valence-corrected chi connectivity index (χ2v) is 12.1. The summed E-state index contributed by atoms with van der Waals surface area (Å²) < 4.78 is 12.7. The number of para-hydroxylation sites is 2. The molecule has 0 radical (unpaired) electrons. The lowest BCUT2D eigenvalue weighted by Gasteiger charge is -2.38. The van der Waals surface area contributed by atoms with Gasteiger partial charge >= 0.3 is 0 Å². The molecule has 0 aromatic heterocycles. The summed E-state index contributed by atoms with van der Waals surface area (Å²) in [5.74, 6) is 1.99. The van der Waals surface area contributed by atoms with E-state index in [2.05, 4.69) is 41.6 Å². The number of hydrogen-bond donors (Lipinski definition) is 2. The van der Waals surface area contributed by atoms with Crippen LogP contribution in [-0.4, -0.2) is 67.0 Å². The van der Waals surface area contributed by atoms with E-state index in [1.807, 2.05) is 79.4 Å². The molecule has 3 aromatic carbocycles. The number of amides is 2. The SMILES string of the molecule is CC(C)N1C[C@@H](C)[C@H](CN(C)Cc2ccc(Oc3ccccc3)cc2)Oc2c(NC(=O)C3CCNCC3)cccc2C1=O. The number of carbonyl (C=O) groups is 2. The number of ether oxygens (including phenoxy) is 2. The Balaban J connectivity index is 1.33. The van der Waals surface area contributed by atoms with Crippen molar-refractivity contribution in [2.24, 2.45) is 11.8 Å². The van der Waals surface area contributed by atoms with Gasteiger partial charge in [0.25, 0.3) is 5.91 Å². The van der Waals surface area contributed by atoms with Crippen LogP contribution in [0, 0.1) is 11.8 Å². The maximum absolute atomic E-state index is 13.7. The molecule has 2 aliphatic heterocycles. The third-order valence-electron chi connectivity index (χ3n) is 8.33. The van der Waals surface area contributed by atoms with E-state index in [1.165, 1.54) is 0 Å². The first kappa shape index (κ1) is 30.6. The number of likely N-dealkylation sites (N-methyl/N-ethyl adjacent to an activating group) is 1. The largest absolute Gasteiger partial charge is 0.486 e. The second kappa shape index (κ2) is 14.1. The molecule has 1 fully saturated rings. The first-order valence-electron chi connectivity index (χ1n) is 15.4. The number of benzene rings is 3. The van der Waals surface area contributed by atoms with E-state index in [0.717, 1.165) is 49.5 Å². The van der Waals surface area contributed by atoms with Crippen molar-refractivity contribution in [3.63, 3.8) is 0 Å². The van der Waals surface area contributed by atoms with Crippen LogP contribution in [0.5, 0.6) is 17.2 Å². The van der Waals surface area contributed by atoms with Gasteiger partial charge < -0.3 is 25.0 Å². The fourth-order valence-electron chi connectivity index (χ4n) is 5.82. The summed E-state index contributed by atoms with van der Waals surface area (Å²) in [6, 6.07) is 23.4. The van der Waals surface area contributed by atoms with Crippen molar-refractivity contribution in [1.82, 2.24) is 15.1 Å². The number of hydrogen-bond acceptors (Lipinski definition) is 6. The predicted octanol–water partition coefficient (Wildman–Crippen LogP) is 5.80. The molecule has 0 bridgehead atoms. The summed E-state index contributed by atoms with van der Waals surface area (Å²) in [6.07, 6.45) is 1.40. The lowest BCUT2D eigenvalue weighted by molar-refractivity contribution is -0.120. The molecule has 2 atom stereocenters. The number of nitrogens with zero attached hydrogens (tertiary/aromatic N) is 2. The molecule has 0 unspecified atom stereocenters. The van der Waals surface area contributed by atoms with Crippen LogP contribution >= 0.6 is 0 Å². The molecule has 2 amide bonds. The van der Waals surface area contributed by atoms with E-state index >= 15 is 0 Å². The van der Waals surface area contributed by atoms with Crippen LogP contribution in [-0.2, 0) is 11.3 Å². The summed E-state index contributed by atoms with van der Waals surface area (Å²) >= 11 is 0. The first-order valence-corrected chi connectivity index (χ1v) is 15.4. The smallest absolute Gasteiger partial charge is 0.257 e. The van der Waals surface area contributed by atoms with E-state index in [1.54, 1.807) is 0 Å². The minimum atomic E-state index is -0.198. The highest BCUT2D eigenvalue weighted by molar-refractivity contribution is 6.02. The standard InChI is InChI=1S/C35H44N4O4/c1-24(2)39-21-25(3)32(23-38(4)22-26-13-15-29(16-14-26)42-28-9-6-5-7-10-28)43-33-30(35(39)41)11-8-12-31(33)37-34(40)27-17-19-36-20-18-27/h5-16,24-25,27,32,36H,17-23H2,1-4H3,(H,37,40)/t25-,32+/m1/s1. The lowest BCUT2D eigenvalue weighted by Crippen LogP contribution is -2.48. The Morgan fingerprint density at radius 1 is 1.02 bits per heavy atom. The van der Waals surface area contributed by atoms with E-state index in [-0.39, 0.29) is 35.8 Å². The van der Waals surface area contributed by atoms with Gasteiger partial charge in [-0.05, 0) is 88.8 Å². The Morgan fingerprint density at radius 3 is 2.42 bits per heavy atom. The monoisotopic (exact) mass is 584 g/mol. The third kappa shape index (κ3) is 7.75. The molecule has 2 aliphatic rings. The summed E-state index contributed by atoms with van der Waals surface area (Å²) in [5, 5.41) is 6.43. The molecule has 43 heavy (non-hydrogen) atoms. The Labute approximate surface area is 255 Å². The number of carbonyl (C=O) groups excluding carboxylic acids is 2. The number of fused-ring (bicyclic) bond motifs is 1. The van der Waals surface area contributed by atoms with E-state index < -0.39 is 0 Å². The average molecular weight is 585 g/mol. The highest BCUT2D eigenvalue weighted by Crippen LogP contribution is 2.35. The van der Waals surface area contributed by atoms with Gasteiger partial charge in [0.05, 0.1) is 11.3 Å². The number of piperidine rings is 1. The average Bonchev–Trinajstić information content (AvgIpc) is 3.01. The van der Waals surface area contributed by atoms with Crippen LogP contribution in [0.3, 0.4) is 0 Å². The first-order chi connectivity index (χ1) is 20.8. The van der Waals surface area contributed by atoms with E-state index in [4.69, 9.17) is 9.47 Å². The molecule has 0 saturated carbocycles. The Bertz CT molecular complexity index is 1370. The van der Waals surface area contributed by atoms with Crippen LogP contribution in [0.2, 0.25) is 0 Å². The van der Waals surface area contributed by atoms with Gasteiger partial charge in [0.2, 0.25) is 5.91 Å². The number of rotatable bonds is 9. The molecule has 3 aromatic rings. The highest BCUT2D eigenvalue weighted by Gasteiger charge is 2.34. The maximum Gasteiger partial charge on any atom is 0.257 e. The topological polar surface area (TPSA) is 83.1 Å². The minimum absolute atomic E-state index is 0.0184. The summed E-state index contributed by atoms with van der Waals surface area (Å²) in [6.45, 7) is 9.86. The summed E-state index contributed by atoms with van der Waals surface area (Å²) in [5.41, 5.74) is 2.22. The number of anilines is 1. The van der Waals surface area contributed by atoms with Crippen LogP contribution in [0.25, 0.3) is 0 Å². The van der Waals surface area contributed by atoms with Crippen LogP contribution < -0.4 is 20.1 Å². The molecule has 1 saturated heterocycles. The molecular formula is C35H44N4O4. The normalized spacial score (nSPS) is 19.4. The Morgan fingerprint density at radius 2 is 1.72 bits per heavy atom. The molecule has 2 N–H and O–H groups in total. The van der Waals surface area contributed by atoms with Crippen LogP contribution in [0.4, 0.5) is 5.69 Å². The minimum Gasteiger partial charge on any atom is -0.486 e. The van der Waals surface area contributed by atoms with Gasteiger partial charge in [0.1, 0.15) is 17.6 Å². The van der Waals surface area contributed by atoms with Crippen molar-refractivity contribution in [1.29, 1.82) is 0 Å². The van der Waals surface area contributed by atoms with Crippen molar-refractivity contribution in [3.05, 3.63) is 83.9 Å². The molecule has 5 rings (SSSR count). The van der Waals surface area contributed by atoms with Gasteiger partial charge in [-0.1, -0.05) is 43.3 Å². The van der Waals surface area contributed by atoms with Crippen molar-refractivity contribution >= 4 is 17.5 Å². The van der Waals surface area contributed by atoms with Crippen molar-refractivity contribution in [2.45, 2.75) is 52.3 Å². The zero-order chi connectivity index (χ0) is 30.3. The van der Waals surface area contributed by atoms with Crippen molar-refractivity contribution in [3.8, 4) is 17.2 Å². The predicted molar refractivity (Wildman–Crippen MR) is 170 cm³/mol. The van der Waals surface area contributed by atoms with E-state index in [9.17, 15) is 9.59 Å². The molecule has 0 spiro atoms. The Hall–Kier alpha value is -3.88. The molecule has 228 valence electrons. The second-order valence-electron chi connectivity index (χ2n) is 12.1. The van der Waals surface area contributed by atoms with Gasteiger partial charge in [0.15, 0.2) is 5.75 Å². The van der Waals surface area contributed by atoms with Crippen LogP contribution in [0.1, 0.15) is 49.5 Å². The quantitative estimate of drug-likeness (QED) is 0.331. The molecular weight excluding hydrogens is 540 g/mol. The van der Waals surface area contributed by atoms with Gasteiger partial charge in [-0.2, -0.15) is 0 Å². The molecule has 8 nitrogen and oxygen atoms in total. The Kier molecular flexibility index (Phi) is 10.00. The maximum atomic E-state index is 13.7. The van der Waals surface area contributed by atoms with Gasteiger partial charge in [-0.15, -0.1) is 0 Å². The summed E-state index contributed by atoms with van der Waals surface area (Å²) in [7, 11) is 2.08. The lowest BCUT2D eigenvalue weighted by atomic mass is 9.96. The number of nitrogens with one attached hydrogen (secondary N) is 2. The molecule has 2 heterocycles.